The molecule has 3 amide bonds. The molecule has 0 aliphatic rings. The number of rotatable bonds is 27. The third-order valence-electron chi connectivity index (χ3n) is 6.51. The Morgan fingerprint density at radius 2 is 1.34 bits per heavy atom. The standard InChI is InChI=1S/C31H49N3O10/c1-2-32-29(37)23-43-22-21-42-20-18-33-27(35)17-16-26(31(40)41)34-28(36)11-9-7-5-3-4-6-8-10-19-44-25-14-12-24(13-15-25)30(38)39/h12-15,26H,2-11,16-23H2,1H3,(H,32,37)(H,33,35)(H,34,36)(H,38,39)(H,40,41). The predicted octanol–water partition coefficient (Wildman–Crippen LogP) is 2.91. The average Bonchev–Trinajstić information content (AvgIpc) is 2.99. The van der Waals surface area contributed by atoms with Crippen LogP contribution in [0.25, 0.3) is 0 Å². The zero-order chi connectivity index (χ0) is 32.4. The van der Waals surface area contributed by atoms with Crippen molar-refractivity contribution in [3.63, 3.8) is 0 Å². The van der Waals surface area contributed by atoms with Crippen LogP contribution in [0.4, 0.5) is 0 Å². The summed E-state index contributed by atoms with van der Waals surface area (Å²) in [5, 5.41) is 26.1. The molecule has 0 aliphatic carbocycles. The van der Waals surface area contributed by atoms with Gasteiger partial charge in [-0.25, -0.2) is 9.59 Å². The van der Waals surface area contributed by atoms with E-state index in [2.05, 4.69) is 16.0 Å². The lowest BCUT2D eigenvalue weighted by molar-refractivity contribution is -0.142. The number of hydrogen-bond donors (Lipinski definition) is 5. The van der Waals surface area contributed by atoms with Gasteiger partial charge in [-0.15, -0.1) is 0 Å². The van der Waals surface area contributed by atoms with Crippen LogP contribution >= 0.6 is 0 Å². The van der Waals surface area contributed by atoms with Gasteiger partial charge in [-0.2, -0.15) is 0 Å². The van der Waals surface area contributed by atoms with E-state index in [1.807, 2.05) is 6.92 Å². The van der Waals surface area contributed by atoms with Crippen molar-refractivity contribution in [2.75, 3.05) is 46.1 Å². The van der Waals surface area contributed by atoms with Gasteiger partial charge in [0.1, 0.15) is 18.4 Å². The summed E-state index contributed by atoms with van der Waals surface area (Å²) < 4.78 is 16.1. The highest BCUT2D eigenvalue weighted by Gasteiger charge is 2.20. The molecular formula is C31H49N3O10. The number of carbonyl (C=O) groups excluding carboxylic acids is 3. The minimum Gasteiger partial charge on any atom is -0.494 e. The Morgan fingerprint density at radius 1 is 0.705 bits per heavy atom. The SMILES string of the molecule is CCNC(=O)COCCOCCNC(=O)CCC(NC(=O)CCCCCCCCCCOc1ccc(C(=O)O)cc1)C(=O)O. The highest BCUT2D eigenvalue weighted by Crippen LogP contribution is 2.14. The fraction of sp³-hybridized carbons (Fsp3) is 0.645. The van der Waals surface area contributed by atoms with Crippen LogP contribution in [0.1, 0.15) is 87.9 Å². The molecule has 1 rings (SSSR count). The van der Waals surface area contributed by atoms with Crippen molar-refractivity contribution in [2.24, 2.45) is 0 Å². The number of carbonyl (C=O) groups is 5. The second-order valence-corrected chi connectivity index (χ2v) is 10.2. The number of carboxylic acids is 2. The Bertz CT molecular complexity index is 987. The summed E-state index contributed by atoms with van der Waals surface area (Å²) in [6.07, 6.45) is 7.91. The van der Waals surface area contributed by atoms with E-state index in [0.717, 1.165) is 44.9 Å². The molecule has 0 bridgehead atoms. The first-order chi connectivity index (χ1) is 21.2. The lowest BCUT2D eigenvalue weighted by Gasteiger charge is -2.14. The van der Waals surface area contributed by atoms with Crippen molar-refractivity contribution >= 4 is 29.7 Å². The van der Waals surface area contributed by atoms with Crippen LogP contribution in [0.5, 0.6) is 5.75 Å². The monoisotopic (exact) mass is 623 g/mol. The van der Waals surface area contributed by atoms with Crippen LogP contribution < -0.4 is 20.7 Å². The van der Waals surface area contributed by atoms with Gasteiger partial charge in [-0.3, -0.25) is 14.4 Å². The highest BCUT2D eigenvalue weighted by atomic mass is 16.5. The minimum atomic E-state index is -1.18. The van der Waals surface area contributed by atoms with Gasteiger partial charge in [-0.05, 0) is 50.5 Å². The quantitative estimate of drug-likeness (QED) is 0.0911. The Kier molecular flexibility index (Phi) is 21.5. The van der Waals surface area contributed by atoms with E-state index in [9.17, 15) is 29.1 Å². The van der Waals surface area contributed by atoms with Crippen molar-refractivity contribution in [2.45, 2.75) is 83.6 Å². The van der Waals surface area contributed by atoms with Crippen LogP contribution in [0, 0.1) is 0 Å². The van der Waals surface area contributed by atoms with E-state index in [4.69, 9.17) is 19.3 Å². The number of nitrogens with one attached hydrogen (secondary N) is 3. The maximum atomic E-state index is 12.2. The smallest absolute Gasteiger partial charge is 0.335 e. The summed E-state index contributed by atoms with van der Waals surface area (Å²) in [6, 6.07) is 5.23. The molecule has 0 heterocycles. The number of aliphatic carboxylic acids is 1. The van der Waals surface area contributed by atoms with E-state index < -0.39 is 18.0 Å². The van der Waals surface area contributed by atoms with Gasteiger partial charge in [0, 0.05) is 25.9 Å². The molecule has 5 N–H and O–H groups in total. The van der Waals surface area contributed by atoms with Crippen LogP contribution in [0.15, 0.2) is 24.3 Å². The zero-order valence-electron chi connectivity index (χ0n) is 25.8. The maximum absolute atomic E-state index is 12.2. The molecule has 0 aliphatic heterocycles. The molecule has 1 atom stereocenters. The summed E-state index contributed by atoms with van der Waals surface area (Å²) in [6.45, 7) is 3.92. The molecule has 1 aromatic carbocycles. The first-order valence-corrected chi connectivity index (χ1v) is 15.4. The Morgan fingerprint density at radius 3 is 1.98 bits per heavy atom. The number of ether oxygens (including phenoxy) is 3. The molecule has 0 saturated heterocycles. The number of likely N-dealkylation sites (N-methyl/N-ethyl adjacent to an activating group) is 1. The normalized spacial score (nSPS) is 11.4. The summed E-state index contributed by atoms with van der Waals surface area (Å²) in [4.78, 5) is 57.9. The fourth-order valence-electron chi connectivity index (χ4n) is 4.12. The van der Waals surface area contributed by atoms with Crippen molar-refractivity contribution in [1.29, 1.82) is 0 Å². The molecule has 1 aromatic rings. The van der Waals surface area contributed by atoms with Crippen LogP contribution in [0.3, 0.4) is 0 Å². The largest absolute Gasteiger partial charge is 0.494 e. The minimum absolute atomic E-state index is 0.0104. The molecule has 0 spiro atoms. The highest BCUT2D eigenvalue weighted by molar-refractivity contribution is 5.87. The second-order valence-electron chi connectivity index (χ2n) is 10.2. The molecule has 13 heteroatoms. The molecule has 1 unspecified atom stereocenters. The first-order valence-electron chi connectivity index (χ1n) is 15.4. The van der Waals surface area contributed by atoms with Crippen molar-refractivity contribution in [3.05, 3.63) is 29.8 Å². The molecule has 0 fully saturated rings. The van der Waals surface area contributed by atoms with Gasteiger partial charge < -0.3 is 40.4 Å². The van der Waals surface area contributed by atoms with E-state index in [1.54, 1.807) is 12.1 Å². The molecule has 0 saturated carbocycles. The Balaban J connectivity index is 2.00. The number of amides is 3. The van der Waals surface area contributed by atoms with Crippen LogP contribution in [-0.4, -0.2) is 92.0 Å². The third kappa shape index (κ3) is 20.2. The number of aromatic carboxylic acids is 1. The summed E-state index contributed by atoms with van der Waals surface area (Å²) in [5.41, 5.74) is 0.231. The zero-order valence-corrected chi connectivity index (χ0v) is 25.8. The van der Waals surface area contributed by atoms with Gasteiger partial charge in [0.05, 0.1) is 32.0 Å². The molecule has 44 heavy (non-hydrogen) atoms. The van der Waals surface area contributed by atoms with Gasteiger partial charge in [0.15, 0.2) is 0 Å². The summed E-state index contributed by atoms with van der Waals surface area (Å²) in [5.74, 6) is -2.34. The van der Waals surface area contributed by atoms with E-state index in [-0.39, 0.29) is 75.5 Å². The topological polar surface area (TPSA) is 190 Å². The number of unbranched alkanes of at least 4 members (excludes halogenated alkanes) is 7. The molecular weight excluding hydrogens is 574 g/mol. The maximum Gasteiger partial charge on any atom is 0.335 e. The molecule has 13 nitrogen and oxygen atoms in total. The van der Waals surface area contributed by atoms with Crippen molar-refractivity contribution in [1.82, 2.24) is 16.0 Å². The van der Waals surface area contributed by atoms with Gasteiger partial charge >= 0.3 is 11.9 Å². The Hall–Kier alpha value is -3.71. The number of hydrogen-bond acceptors (Lipinski definition) is 8. The van der Waals surface area contributed by atoms with Crippen LogP contribution in [0.2, 0.25) is 0 Å². The van der Waals surface area contributed by atoms with Gasteiger partial charge in [0.2, 0.25) is 17.7 Å². The van der Waals surface area contributed by atoms with Crippen molar-refractivity contribution < 1.29 is 48.4 Å². The molecule has 0 aromatic heterocycles. The lowest BCUT2D eigenvalue weighted by Crippen LogP contribution is -2.41. The summed E-state index contributed by atoms with van der Waals surface area (Å²) >= 11 is 0. The fourth-order valence-corrected chi connectivity index (χ4v) is 4.12. The van der Waals surface area contributed by atoms with E-state index >= 15 is 0 Å². The van der Waals surface area contributed by atoms with Gasteiger partial charge in [-0.1, -0.05) is 38.5 Å². The predicted molar refractivity (Wildman–Crippen MR) is 163 cm³/mol. The van der Waals surface area contributed by atoms with Crippen molar-refractivity contribution in [3.8, 4) is 5.75 Å². The Labute approximate surface area is 259 Å². The average molecular weight is 624 g/mol. The first kappa shape index (κ1) is 38.3. The lowest BCUT2D eigenvalue weighted by atomic mass is 10.1. The molecule has 248 valence electrons. The number of benzene rings is 1. The van der Waals surface area contributed by atoms with Crippen LogP contribution in [-0.2, 0) is 28.7 Å². The van der Waals surface area contributed by atoms with E-state index in [1.165, 1.54) is 12.1 Å². The third-order valence-corrected chi connectivity index (χ3v) is 6.51. The van der Waals surface area contributed by atoms with Gasteiger partial charge in [0.25, 0.3) is 0 Å². The van der Waals surface area contributed by atoms with E-state index in [0.29, 0.717) is 25.3 Å². The second kappa shape index (κ2) is 24.7. The number of carboxylic acid groups (broad SMARTS) is 2. The summed E-state index contributed by atoms with van der Waals surface area (Å²) in [7, 11) is 0. The molecule has 0 radical (unpaired) electrons.